The average molecular weight is 499 g/mol. The summed E-state index contributed by atoms with van der Waals surface area (Å²) < 4.78 is 5.45. The first kappa shape index (κ1) is 24.4. The van der Waals surface area contributed by atoms with Crippen LogP contribution >= 0.6 is 24.0 Å². The van der Waals surface area contributed by atoms with Gasteiger partial charge in [0.2, 0.25) is 0 Å². The Morgan fingerprint density at radius 2 is 1.68 bits per heavy atom. The predicted molar refractivity (Wildman–Crippen MR) is 126 cm³/mol. The van der Waals surface area contributed by atoms with E-state index in [2.05, 4.69) is 77.9 Å². The summed E-state index contributed by atoms with van der Waals surface area (Å²) in [5, 5.41) is 10.8. The van der Waals surface area contributed by atoms with Crippen molar-refractivity contribution in [2.75, 3.05) is 21.1 Å². The van der Waals surface area contributed by atoms with Gasteiger partial charge in [-0.3, -0.25) is 4.99 Å². The fourth-order valence-corrected chi connectivity index (χ4v) is 3.02. The maximum absolute atomic E-state index is 5.45. The lowest BCUT2D eigenvalue weighted by Gasteiger charge is -2.12. The molecule has 0 bridgehead atoms. The molecule has 28 heavy (non-hydrogen) atoms. The maximum atomic E-state index is 5.45. The lowest BCUT2D eigenvalue weighted by atomic mass is 9.99. The summed E-state index contributed by atoms with van der Waals surface area (Å²) in [6, 6.07) is 10.7. The van der Waals surface area contributed by atoms with Crippen molar-refractivity contribution in [2.45, 2.75) is 52.2 Å². The Balaban J connectivity index is 0.00000392. The summed E-state index contributed by atoms with van der Waals surface area (Å²) in [6.07, 6.45) is 2.15. The molecular weight excluding hydrogens is 465 g/mol. The van der Waals surface area contributed by atoms with Crippen LogP contribution in [0.25, 0.3) is 0 Å². The molecule has 0 spiro atoms. The minimum Gasteiger partial charge on any atom is -0.359 e. The summed E-state index contributed by atoms with van der Waals surface area (Å²) in [5.41, 5.74) is 3.57. The Hall–Kier alpha value is -1.61. The first-order chi connectivity index (χ1) is 13.0. The zero-order valence-corrected chi connectivity index (χ0v) is 20.0. The molecule has 2 rings (SSSR count). The van der Waals surface area contributed by atoms with Gasteiger partial charge in [-0.1, -0.05) is 43.3 Å². The molecule has 0 radical (unpaired) electrons. The van der Waals surface area contributed by atoms with Crippen LogP contribution in [0.15, 0.2) is 39.8 Å². The largest absolute Gasteiger partial charge is 0.359 e. The molecule has 0 amide bonds. The smallest absolute Gasteiger partial charge is 0.191 e. The Morgan fingerprint density at radius 1 is 1.07 bits per heavy atom. The summed E-state index contributed by atoms with van der Waals surface area (Å²) in [6.45, 7) is 6.60. The van der Waals surface area contributed by atoms with E-state index in [0.717, 1.165) is 43.3 Å². The minimum atomic E-state index is 0. The van der Waals surface area contributed by atoms with E-state index in [1.165, 1.54) is 11.1 Å². The van der Waals surface area contributed by atoms with Gasteiger partial charge in [0.25, 0.3) is 0 Å². The molecule has 0 aliphatic carbocycles. The van der Waals surface area contributed by atoms with Crippen molar-refractivity contribution in [1.29, 1.82) is 0 Å². The molecule has 1 aromatic carbocycles. The van der Waals surface area contributed by atoms with Gasteiger partial charge in [0.1, 0.15) is 0 Å². The van der Waals surface area contributed by atoms with Gasteiger partial charge < -0.3 is 20.1 Å². The van der Waals surface area contributed by atoms with Gasteiger partial charge in [0.15, 0.2) is 11.7 Å². The van der Waals surface area contributed by atoms with Crippen molar-refractivity contribution in [1.82, 2.24) is 20.7 Å². The summed E-state index contributed by atoms with van der Waals surface area (Å²) in [7, 11) is 5.92. The second kappa shape index (κ2) is 12.8. The molecule has 0 saturated carbocycles. The molecule has 0 atom stereocenters. The van der Waals surface area contributed by atoms with Crippen LogP contribution in [0.1, 0.15) is 55.2 Å². The van der Waals surface area contributed by atoms with Crippen LogP contribution in [0.5, 0.6) is 0 Å². The van der Waals surface area contributed by atoms with Crippen molar-refractivity contribution in [3.05, 3.63) is 52.9 Å². The highest BCUT2D eigenvalue weighted by Crippen LogP contribution is 2.22. The Bertz CT molecular complexity index is 708. The van der Waals surface area contributed by atoms with Crippen molar-refractivity contribution in [3.63, 3.8) is 0 Å². The van der Waals surface area contributed by atoms with Crippen LogP contribution in [-0.4, -0.2) is 37.2 Å². The van der Waals surface area contributed by atoms with E-state index in [1.54, 1.807) is 7.05 Å². The second-order valence-corrected chi connectivity index (χ2v) is 7.07. The third-order valence-electron chi connectivity index (χ3n) is 4.62. The highest BCUT2D eigenvalue weighted by molar-refractivity contribution is 14.0. The third kappa shape index (κ3) is 7.79. The first-order valence-electron chi connectivity index (χ1n) is 9.68. The topological polar surface area (TPSA) is 65.7 Å². The minimum absolute atomic E-state index is 0. The molecule has 1 heterocycles. The Kier molecular flexibility index (Phi) is 11.1. The molecule has 0 fully saturated rings. The van der Waals surface area contributed by atoms with Crippen molar-refractivity contribution in [2.24, 2.45) is 4.99 Å². The monoisotopic (exact) mass is 499 g/mol. The van der Waals surface area contributed by atoms with E-state index >= 15 is 0 Å². The number of nitrogens with one attached hydrogen (secondary N) is 2. The van der Waals surface area contributed by atoms with Crippen LogP contribution in [0, 0.1) is 0 Å². The predicted octanol–water partition coefficient (Wildman–Crippen LogP) is 4.12. The fourth-order valence-electron chi connectivity index (χ4n) is 3.02. The van der Waals surface area contributed by atoms with Gasteiger partial charge in [0.05, 0.1) is 12.2 Å². The number of guanidine groups is 1. The van der Waals surface area contributed by atoms with Gasteiger partial charge in [0, 0.05) is 32.1 Å². The number of aromatic nitrogens is 1. The SMILES string of the molecule is CCC(CC)c1cc(CNC(=NC)NCc2ccc(CN(C)C)cc2)on1.I. The highest BCUT2D eigenvalue weighted by atomic mass is 127. The number of aliphatic imine (C=N–C) groups is 1. The zero-order chi connectivity index (χ0) is 19.6. The molecular formula is C21H34IN5O. The van der Waals surface area contributed by atoms with Gasteiger partial charge in [-0.15, -0.1) is 24.0 Å². The molecule has 7 heteroatoms. The number of hydrogen-bond donors (Lipinski definition) is 2. The second-order valence-electron chi connectivity index (χ2n) is 7.07. The maximum Gasteiger partial charge on any atom is 0.191 e. The number of nitrogens with zero attached hydrogens (tertiary/aromatic N) is 3. The Labute approximate surface area is 186 Å². The Morgan fingerprint density at radius 3 is 2.25 bits per heavy atom. The van der Waals surface area contributed by atoms with Gasteiger partial charge in [-0.25, -0.2) is 0 Å². The fraction of sp³-hybridized carbons (Fsp3) is 0.524. The zero-order valence-electron chi connectivity index (χ0n) is 17.7. The summed E-state index contributed by atoms with van der Waals surface area (Å²) >= 11 is 0. The van der Waals surface area contributed by atoms with E-state index in [9.17, 15) is 0 Å². The molecule has 156 valence electrons. The van der Waals surface area contributed by atoms with Crippen LogP contribution in [-0.2, 0) is 19.6 Å². The van der Waals surface area contributed by atoms with Crippen LogP contribution < -0.4 is 10.6 Å². The molecule has 0 aliphatic rings. The number of hydrogen-bond acceptors (Lipinski definition) is 4. The van der Waals surface area contributed by atoms with Gasteiger partial charge in [-0.05, 0) is 38.1 Å². The van der Waals surface area contributed by atoms with Crippen molar-refractivity contribution in [3.8, 4) is 0 Å². The van der Waals surface area contributed by atoms with E-state index < -0.39 is 0 Å². The van der Waals surface area contributed by atoms with Gasteiger partial charge in [-0.2, -0.15) is 0 Å². The summed E-state index contributed by atoms with van der Waals surface area (Å²) in [5.74, 6) is 2.04. The van der Waals surface area contributed by atoms with E-state index in [-0.39, 0.29) is 24.0 Å². The molecule has 2 aromatic rings. The number of halogens is 1. The third-order valence-corrected chi connectivity index (χ3v) is 4.62. The molecule has 2 N–H and O–H groups in total. The molecule has 1 aromatic heterocycles. The van der Waals surface area contributed by atoms with E-state index in [4.69, 9.17) is 4.52 Å². The molecule has 0 unspecified atom stereocenters. The number of benzene rings is 1. The van der Waals surface area contributed by atoms with E-state index in [1.807, 2.05) is 6.07 Å². The highest BCUT2D eigenvalue weighted by Gasteiger charge is 2.13. The molecule has 0 saturated heterocycles. The van der Waals surface area contributed by atoms with E-state index in [0.29, 0.717) is 12.5 Å². The normalized spacial score (nSPS) is 11.6. The number of rotatable bonds is 9. The van der Waals surface area contributed by atoms with Crippen molar-refractivity contribution < 1.29 is 4.52 Å². The van der Waals surface area contributed by atoms with Crippen LogP contribution in [0.4, 0.5) is 0 Å². The lowest BCUT2D eigenvalue weighted by molar-refractivity contribution is 0.368. The standard InChI is InChI=1S/C21H33N5O.HI/c1-6-18(7-2)20-12-19(27-25-20)14-24-21(22-3)23-13-16-8-10-17(11-9-16)15-26(4)5;/h8-12,18H,6-7,13-15H2,1-5H3,(H2,22,23,24);1H. The lowest BCUT2D eigenvalue weighted by Crippen LogP contribution is -2.36. The van der Waals surface area contributed by atoms with Crippen LogP contribution in [0.2, 0.25) is 0 Å². The van der Waals surface area contributed by atoms with Gasteiger partial charge >= 0.3 is 0 Å². The molecule has 0 aliphatic heterocycles. The van der Waals surface area contributed by atoms with Crippen molar-refractivity contribution >= 4 is 29.9 Å². The first-order valence-corrected chi connectivity index (χ1v) is 9.68. The summed E-state index contributed by atoms with van der Waals surface area (Å²) in [4.78, 5) is 6.44. The molecule has 6 nitrogen and oxygen atoms in total. The van der Waals surface area contributed by atoms with Crippen LogP contribution in [0.3, 0.4) is 0 Å². The average Bonchev–Trinajstić information content (AvgIpc) is 3.12. The quantitative estimate of drug-likeness (QED) is 0.309.